The van der Waals surface area contributed by atoms with Gasteiger partial charge in [0.2, 0.25) is 5.76 Å². The minimum absolute atomic E-state index is 0.0568. The summed E-state index contributed by atoms with van der Waals surface area (Å²) in [5.41, 5.74) is 3.13. The molecule has 1 fully saturated rings. The summed E-state index contributed by atoms with van der Waals surface area (Å²) in [7, 11) is 0. The maximum Gasteiger partial charge on any atom is 0.335 e. The number of ketones is 1. The number of hydrogen-bond donors (Lipinski definition) is 0. The summed E-state index contributed by atoms with van der Waals surface area (Å²) in [5, 5.41) is 15.4. The van der Waals surface area contributed by atoms with Crippen molar-refractivity contribution >= 4 is 11.5 Å². The molecule has 1 heterocycles. The lowest BCUT2D eigenvalue weighted by atomic mass is 9.78. The molecule has 142 valence electrons. The van der Waals surface area contributed by atoms with Gasteiger partial charge in [-0.25, -0.2) is 0 Å². The molecule has 0 bridgehead atoms. The van der Waals surface area contributed by atoms with E-state index in [4.69, 9.17) is 4.52 Å². The summed E-state index contributed by atoms with van der Waals surface area (Å²) in [4.78, 5) is 24.2. The normalized spacial score (nSPS) is 21.8. The lowest BCUT2D eigenvalue weighted by Crippen LogP contribution is -2.15. The first-order chi connectivity index (χ1) is 13.5. The van der Waals surface area contributed by atoms with E-state index in [1.54, 1.807) is 0 Å². The van der Waals surface area contributed by atoms with Crippen molar-refractivity contribution in [1.82, 2.24) is 5.16 Å². The number of benzene rings is 2. The van der Waals surface area contributed by atoms with Crippen molar-refractivity contribution in [2.45, 2.75) is 38.0 Å². The molecule has 0 unspecified atom stereocenters. The van der Waals surface area contributed by atoms with Crippen molar-refractivity contribution in [3.05, 3.63) is 92.9 Å². The number of hydrogen-bond acceptors (Lipinski definition) is 5. The van der Waals surface area contributed by atoms with Gasteiger partial charge in [0.1, 0.15) is 5.78 Å². The highest BCUT2D eigenvalue weighted by Crippen LogP contribution is 2.53. The molecule has 2 aromatic carbocycles. The summed E-state index contributed by atoms with van der Waals surface area (Å²) < 4.78 is 5.36. The van der Waals surface area contributed by atoms with Crippen LogP contribution in [0, 0.1) is 24.0 Å². The Morgan fingerprint density at radius 2 is 1.71 bits per heavy atom. The summed E-state index contributed by atoms with van der Waals surface area (Å²) in [6.07, 6.45) is 0.310. The zero-order valence-electron chi connectivity index (χ0n) is 15.7. The van der Waals surface area contributed by atoms with Gasteiger partial charge in [-0.2, -0.15) is 0 Å². The number of rotatable bonds is 4. The van der Waals surface area contributed by atoms with E-state index in [-0.39, 0.29) is 34.8 Å². The Balaban J connectivity index is 1.88. The smallest absolute Gasteiger partial charge is 0.335 e. The van der Waals surface area contributed by atoms with E-state index in [1.165, 1.54) is 6.92 Å². The quantitative estimate of drug-likeness (QED) is 0.481. The fourth-order valence-electron chi connectivity index (χ4n) is 4.26. The van der Waals surface area contributed by atoms with Crippen molar-refractivity contribution in [1.29, 1.82) is 0 Å². The molecule has 1 aliphatic carbocycles. The molecule has 28 heavy (non-hydrogen) atoms. The first kappa shape index (κ1) is 18.1. The number of Topliss-reactive ketones (excluding diaryl/α,β-unsaturated/α-hetero) is 1. The molecule has 0 saturated heterocycles. The third kappa shape index (κ3) is 3.01. The third-order valence-corrected chi connectivity index (χ3v) is 5.57. The summed E-state index contributed by atoms with van der Waals surface area (Å²) >= 11 is 0. The van der Waals surface area contributed by atoms with Crippen LogP contribution in [0.25, 0.3) is 0 Å². The molecule has 4 rings (SSSR count). The van der Waals surface area contributed by atoms with Crippen LogP contribution in [-0.4, -0.2) is 15.9 Å². The molecular formula is C22H20N2O4. The Bertz CT molecular complexity index is 1020. The van der Waals surface area contributed by atoms with Crippen molar-refractivity contribution in [3.8, 4) is 0 Å². The number of nitrogens with zero attached hydrogens (tertiary/aromatic N) is 2. The van der Waals surface area contributed by atoms with Crippen LogP contribution in [0.2, 0.25) is 0 Å². The molecule has 0 aliphatic heterocycles. The Kier molecular flexibility index (Phi) is 4.55. The predicted octanol–water partition coefficient (Wildman–Crippen LogP) is 4.82. The van der Waals surface area contributed by atoms with E-state index in [0.29, 0.717) is 6.42 Å². The second kappa shape index (κ2) is 7.03. The molecule has 0 N–H and O–H groups in total. The Morgan fingerprint density at radius 3 is 2.36 bits per heavy atom. The molecule has 1 saturated carbocycles. The van der Waals surface area contributed by atoms with Crippen LogP contribution in [0.5, 0.6) is 0 Å². The molecular weight excluding hydrogens is 356 g/mol. The van der Waals surface area contributed by atoms with Crippen LogP contribution in [-0.2, 0) is 4.79 Å². The van der Waals surface area contributed by atoms with Gasteiger partial charge in [-0.3, -0.25) is 14.9 Å². The molecule has 0 radical (unpaired) electrons. The lowest BCUT2D eigenvalue weighted by molar-refractivity contribution is -0.386. The maximum atomic E-state index is 13.1. The zero-order chi connectivity index (χ0) is 19.8. The van der Waals surface area contributed by atoms with Gasteiger partial charge in [0.15, 0.2) is 5.69 Å². The monoisotopic (exact) mass is 376 g/mol. The second-order valence-electron chi connectivity index (χ2n) is 7.34. The van der Waals surface area contributed by atoms with Crippen LogP contribution < -0.4 is 0 Å². The number of carbonyl (C=O) groups excluding carboxylic acids is 1. The number of aryl methyl sites for hydroxylation is 2. The van der Waals surface area contributed by atoms with Gasteiger partial charge in [0, 0.05) is 12.3 Å². The average Bonchev–Trinajstić information content (AvgIpc) is 3.23. The summed E-state index contributed by atoms with van der Waals surface area (Å²) in [6.45, 7) is 3.53. The Morgan fingerprint density at radius 1 is 1.04 bits per heavy atom. The molecule has 1 aliphatic rings. The molecule has 6 heteroatoms. The standard InChI is InChI=1S/C22H20N2O4/c1-13-8-10-16(11-9-13)19-17(15-6-4-3-5-7-15)12-18(25)20(19)22-21(24(26)27)14(2)23-28-22/h3-11,17,19-20H,12H2,1-2H3/t17-,19-,20-/m1/s1. The van der Waals surface area contributed by atoms with Gasteiger partial charge < -0.3 is 4.52 Å². The Labute approximate surface area is 162 Å². The van der Waals surface area contributed by atoms with Crippen molar-refractivity contribution in [2.75, 3.05) is 0 Å². The van der Waals surface area contributed by atoms with E-state index in [1.807, 2.05) is 61.5 Å². The van der Waals surface area contributed by atoms with E-state index in [2.05, 4.69) is 5.16 Å². The molecule has 3 aromatic rings. The summed E-state index contributed by atoms with van der Waals surface area (Å²) in [5.74, 6) is -1.04. The molecule has 0 spiro atoms. The van der Waals surface area contributed by atoms with E-state index < -0.39 is 10.8 Å². The number of aromatic nitrogens is 1. The van der Waals surface area contributed by atoms with Gasteiger partial charge in [0.05, 0.1) is 10.8 Å². The molecule has 0 amide bonds. The predicted molar refractivity (Wildman–Crippen MR) is 103 cm³/mol. The molecule has 3 atom stereocenters. The van der Waals surface area contributed by atoms with Gasteiger partial charge >= 0.3 is 5.69 Å². The van der Waals surface area contributed by atoms with Crippen LogP contribution in [0.3, 0.4) is 0 Å². The maximum absolute atomic E-state index is 13.1. The minimum atomic E-state index is -0.727. The summed E-state index contributed by atoms with van der Waals surface area (Å²) in [6, 6.07) is 17.8. The van der Waals surface area contributed by atoms with Gasteiger partial charge in [-0.05, 0) is 30.9 Å². The molecule has 1 aromatic heterocycles. The van der Waals surface area contributed by atoms with Crippen molar-refractivity contribution < 1.29 is 14.2 Å². The highest BCUT2D eigenvalue weighted by Gasteiger charge is 2.49. The third-order valence-electron chi connectivity index (χ3n) is 5.57. The van der Waals surface area contributed by atoms with Crippen LogP contribution in [0.4, 0.5) is 5.69 Å². The number of nitro groups is 1. The van der Waals surface area contributed by atoms with Crippen molar-refractivity contribution in [2.24, 2.45) is 0 Å². The first-order valence-electron chi connectivity index (χ1n) is 9.22. The lowest BCUT2D eigenvalue weighted by Gasteiger charge is -2.23. The fraction of sp³-hybridized carbons (Fsp3) is 0.273. The van der Waals surface area contributed by atoms with Crippen molar-refractivity contribution in [3.63, 3.8) is 0 Å². The van der Waals surface area contributed by atoms with Gasteiger partial charge in [0.25, 0.3) is 0 Å². The minimum Gasteiger partial charge on any atom is -0.353 e. The highest BCUT2D eigenvalue weighted by molar-refractivity contribution is 5.91. The zero-order valence-corrected chi connectivity index (χ0v) is 15.7. The van der Waals surface area contributed by atoms with E-state index >= 15 is 0 Å². The topological polar surface area (TPSA) is 86.2 Å². The second-order valence-corrected chi connectivity index (χ2v) is 7.34. The van der Waals surface area contributed by atoms with E-state index in [9.17, 15) is 14.9 Å². The van der Waals surface area contributed by atoms with E-state index in [0.717, 1.165) is 16.7 Å². The van der Waals surface area contributed by atoms with Crippen LogP contribution in [0.1, 0.15) is 52.3 Å². The highest BCUT2D eigenvalue weighted by atomic mass is 16.6. The Hall–Kier alpha value is -3.28. The number of carbonyl (C=O) groups is 1. The largest absolute Gasteiger partial charge is 0.353 e. The van der Waals surface area contributed by atoms with Crippen LogP contribution in [0.15, 0.2) is 59.1 Å². The van der Waals surface area contributed by atoms with Gasteiger partial charge in [-0.1, -0.05) is 65.3 Å². The molecule has 6 nitrogen and oxygen atoms in total. The SMILES string of the molecule is Cc1ccc([C@@H]2[C@@H](c3ccccc3)CC(=O)[C@H]2c2onc(C)c2[N+](=O)[O-])cc1. The fourth-order valence-corrected chi connectivity index (χ4v) is 4.26. The average molecular weight is 376 g/mol. The van der Waals surface area contributed by atoms with Gasteiger partial charge in [-0.15, -0.1) is 0 Å². The first-order valence-corrected chi connectivity index (χ1v) is 9.22. The van der Waals surface area contributed by atoms with Crippen LogP contribution >= 0.6 is 0 Å².